The van der Waals surface area contributed by atoms with E-state index in [1.807, 2.05) is 72.8 Å². The Labute approximate surface area is 288 Å². The second-order valence-corrected chi connectivity index (χ2v) is 13.0. The minimum absolute atomic E-state index is 0.298. The van der Waals surface area contributed by atoms with E-state index < -0.39 is 0 Å². The molecule has 0 fully saturated rings. The van der Waals surface area contributed by atoms with Crippen molar-refractivity contribution in [1.82, 2.24) is 15.3 Å². The highest BCUT2D eigenvalue weighted by atomic mass is 32.1. The van der Waals surface area contributed by atoms with Gasteiger partial charge in [-0.05, 0) is 29.8 Å². The summed E-state index contributed by atoms with van der Waals surface area (Å²) in [5, 5.41) is 5.99. The molecule has 8 aromatic rings. The fourth-order valence-corrected chi connectivity index (χ4v) is 7.54. The molecule has 9 rings (SSSR count). The first-order valence-electron chi connectivity index (χ1n) is 16.3. The average molecular weight is 648 g/mol. The summed E-state index contributed by atoms with van der Waals surface area (Å²) in [7, 11) is 0. The van der Waals surface area contributed by atoms with Crippen LogP contribution in [0.4, 0.5) is 0 Å². The van der Waals surface area contributed by atoms with Crippen LogP contribution < -0.4 is 5.32 Å². The number of nitrogens with one attached hydrogen (secondary N) is 1. The van der Waals surface area contributed by atoms with Gasteiger partial charge in [0, 0.05) is 48.0 Å². The van der Waals surface area contributed by atoms with Gasteiger partial charge in [-0.25, -0.2) is 20.0 Å². The molecule has 2 aromatic heterocycles. The molecule has 0 bridgehead atoms. The zero-order valence-electron chi connectivity index (χ0n) is 26.4. The highest BCUT2D eigenvalue weighted by Gasteiger charge is 2.24. The van der Waals surface area contributed by atoms with Crippen LogP contribution in [-0.4, -0.2) is 21.6 Å². The fraction of sp³-hybridized carbons (Fsp3) is 0.0233. The van der Waals surface area contributed by atoms with Crippen molar-refractivity contribution in [2.24, 2.45) is 9.98 Å². The third-order valence-corrected chi connectivity index (χ3v) is 9.87. The standard InChI is InChI=1S/C43H29N5S/c1-5-15-28(16-6-1)35-27-36(29-17-7-2-8-18-29)45-43(44-35)34-25-32(26-38-39(34)33-23-13-14-24-37(33)49-38)42-47-40(30-19-9-3-10-20-30)46-41(48-42)31-21-11-4-12-22-31/h1-27,40H,(H,46,47,48). The molecule has 49 heavy (non-hydrogen) atoms. The van der Waals surface area contributed by atoms with E-state index in [-0.39, 0.29) is 6.17 Å². The number of amidine groups is 2. The van der Waals surface area contributed by atoms with Gasteiger partial charge in [-0.2, -0.15) is 0 Å². The summed E-state index contributed by atoms with van der Waals surface area (Å²) in [5.41, 5.74) is 7.78. The number of benzene rings is 6. The Kier molecular flexibility index (Phi) is 7.33. The molecule has 0 saturated heterocycles. The van der Waals surface area contributed by atoms with Crippen LogP contribution in [0, 0.1) is 0 Å². The van der Waals surface area contributed by atoms with Gasteiger partial charge in [-0.1, -0.05) is 140 Å². The molecule has 0 saturated carbocycles. The molecule has 3 heterocycles. The number of aliphatic imine (C=N–C) groups is 2. The van der Waals surface area contributed by atoms with Crippen LogP contribution in [0.5, 0.6) is 0 Å². The third-order valence-electron chi connectivity index (χ3n) is 8.75. The molecule has 0 radical (unpaired) electrons. The highest BCUT2D eigenvalue weighted by molar-refractivity contribution is 7.26. The number of nitrogens with zero attached hydrogens (tertiary/aromatic N) is 4. The van der Waals surface area contributed by atoms with Crippen LogP contribution >= 0.6 is 11.3 Å². The number of fused-ring (bicyclic) bond motifs is 3. The summed E-state index contributed by atoms with van der Waals surface area (Å²) in [5.74, 6) is 2.12. The SMILES string of the molecule is c1ccc(C2=NC(c3ccccc3)NC(c3cc(-c4nc(-c5ccccc5)cc(-c5ccccc5)n4)c4c(c3)sc3ccccc34)=N2)cc1. The number of aromatic nitrogens is 2. The van der Waals surface area contributed by atoms with E-state index in [1.54, 1.807) is 11.3 Å². The molecule has 1 unspecified atom stereocenters. The van der Waals surface area contributed by atoms with Gasteiger partial charge in [0.25, 0.3) is 0 Å². The molecule has 1 aliphatic rings. The lowest BCUT2D eigenvalue weighted by atomic mass is 10.00. The molecule has 0 spiro atoms. The summed E-state index contributed by atoms with van der Waals surface area (Å²) in [4.78, 5) is 20.7. The maximum absolute atomic E-state index is 5.26. The minimum atomic E-state index is -0.298. The van der Waals surface area contributed by atoms with Crippen molar-refractivity contribution in [3.8, 4) is 33.9 Å². The maximum atomic E-state index is 5.26. The fourth-order valence-electron chi connectivity index (χ4n) is 6.37. The van der Waals surface area contributed by atoms with Gasteiger partial charge < -0.3 is 5.32 Å². The van der Waals surface area contributed by atoms with E-state index in [1.165, 1.54) is 10.1 Å². The van der Waals surface area contributed by atoms with E-state index in [0.717, 1.165) is 60.7 Å². The summed E-state index contributed by atoms with van der Waals surface area (Å²) in [6.45, 7) is 0. The normalized spacial score (nSPS) is 14.3. The van der Waals surface area contributed by atoms with Gasteiger partial charge >= 0.3 is 0 Å². The van der Waals surface area contributed by atoms with E-state index in [0.29, 0.717) is 11.7 Å². The Balaban J connectivity index is 1.29. The Morgan fingerprint density at radius 2 is 1.08 bits per heavy atom. The van der Waals surface area contributed by atoms with Crippen LogP contribution in [0.15, 0.2) is 174 Å². The van der Waals surface area contributed by atoms with Crippen LogP contribution in [0.3, 0.4) is 0 Å². The predicted octanol–water partition coefficient (Wildman–Crippen LogP) is 10.3. The number of hydrogen-bond donors (Lipinski definition) is 1. The molecular formula is C43H29N5S. The molecule has 6 aromatic carbocycles. The Hall–Kier alpha value is -6.24. The van der Waals surface area contributed by atoms with Crippen LogP contribution in [0.1, 0.15) is 22.9 Å². The Morgan fingerprint density at radius 1 is 0.510 bits per heavy atom. The van der Waals surface area contributed by atoms with Gasteiger partial charge in [0.1, 0.15) is 12.0 Å². The molecule has 1 atom stereocenters. The van der Waals surface area contributed by atoms with Crippen molar-refractivity contribution in [3.63, 3.8) is 0 Å². The lowest BCUT2D eigenvalue weighted by Gasteiger charge is -2.24. The van der Waals surface area contributed by atoms with Gasteiger partial charge in [-0.15, -0.1) is 11.3 Å². The number of hydrogen-bond acceptors (Lipinski definition) is 6. The summed E-state index contributed by atoms with van der Waals surface area (Å²) in [6, 6.07) is 56.2. The third kappa shape index (κ3) is 5.58. The van der Waals surface area contributed by atoms with Crippen molar-refractivity contribution in [2.75, 3.05) is 0 Å². The molecule has 1 aliphatic heterocycles. The largest absolute Gasteiger partial charge is 0.344 e. The highest BCUT2D eigenvalue weighted by Crippen LogP contribution is 2.41. The second kappa shape index (κ2) is 12.4. The molecule has 6 heteroatoms. The first kappa shape index (κ1) is 28.9. The molecule has 0 aliphatic carbocycles. The van der Waals surface area contributed by atoms with Crippen LogP contribution in [0.25, 0.3) is 54.1 Å². The monoisotopic (exact) mass is 647 g/mol. The van der Waals surface area contributed by atoms with E-state index in [9.17, 15) is 0 Å². The number of thiophene rings is 1. The molecule has 232 valence electrons. The summed E-state index contributed by atoms with van der Waals surface area (Å²) in [6.07, 6.45) is -0.298. The molecule has 1 N–H and O–H groups in total. The zero-order chi connectivity index (χ0) is 32.6. The lowest BCUT2D eigenvalue weighted by Crippen LogP contribution is -2.33. The summed E-state index contributed by atoms with van der Waals surface area (Å²) >= 11 is 1.78. The first-order valence-corrected chi connectivity index (χ1v) is 17.1. The van der Waals surface area contributed by atoms with E-state index in [2.05, 4.69) is 96.3 Å². The lowest BCUT2D eigenvalue weighted by molar-refractivity contribution is 0.674. The topological polar surface area (TPSA) is 62.5 Å². The quantitative estimate of drug-likeness (QED) is 0.195. The van der Waals surface area contributed by atoms with Gasteiger partial charge in [0.05, 0.1) is 11.4 Å². The van der Waals surface area contributed by atoms with Gasteiger partial charge in [-0.3, -0.25) is 0 Å². The molecule has 5 nitrogen and oxygen atoms in total. The van der Waals surface area contributed by atoms with Gasteiger partial charge in [0.15, 0.2) is 11.7 Å². The smallest absolute Gasteiger partial charge is 0.161 e. The maximum Gasteiger partial charge on any atom is 0.161 e. The van der Waals surface area contributed by atoms with Gasteiger partial charge in [0.2, 0.25) is 0 Å². The average Bonchev–Trinajstić information content (AvgIpc) is 3.57. The van der Waals surface area contributed by atoms with Crippen molar-refractivity contribution in [1.29, 1.82) is 0 Å². The van der Waals surface area contributed by atoms with Crippen molar-refractivity contribution >= 4 is 43.2 Å². The van der Waals surface area contributed by atoms with E-state index >= 15 is 0 Å². The molecular weight excluding hydrogens is 619 g/mol. The second-order valence-electron chi connectivity index (χ2n) is 11.9. The van der Waals surface area contributed by atoms with Crippen LogP contribution in [-0.2, 0) is 0 Å². The minimum Gasteiger partial charge on any atom is -0.344 e. The van der Waals surface area contributed by atoms with Crippen LogP contribution in [0.2, 0.25) is 0 Å². The summed E-state index contributed by atoms with van der Waals surface area (Å²) < 4.78 is 2.36. The number of rotatable bonds is 6. The Bertz CT molecular complexity index is 2450. The Morgan fingerprint density at radius 3 is 1.73 bits per heavy atom. The first-order chi connectivity index (χ1) is 24.3. The van der Waals surface area contributed by atoms with Crippen molar-refractivity contribution < 1.29 is 0 Å². The molecule has 0 amide bonds. The van der Waals surface area contributed by atoms with Crippen molar-refractivity contribution in [2.45, 2.75) is 6.17 Å². The zero-order valence-corrected chi connectivity index (χ0v) is 27.2. The van der Waals surface area contributed by atoms with Crippen molar-refractivity contribution in [3.05, 3.63) is 180 Å². The van der Waals surface area contributed by atoms with E-state index in [4.69, 9.17) is 20.0 Å². The predicted molar refractivity (Wildman–Crippen MR) is 203 cm³/mol.